The summed E-state index contributed by atoms with van der Waals surface area (Å²) in [6.07, 6.45) is 2.53. The standard InChI is InChI=1S/C18H25N3O2/c1-15-7-4-5-9-17(15)23-14-12-21(3)18(19-2)20-11-10-16-8-6-13-22-16/h4-9,13H,10-12,14H2,1-3H3,(H,19,20). The maximum absolute atomic E-state index is 5.83. The third-order valence-corrected chi connectivity index (χ3v) is 3.59. The van der Waals surface area contributed by atoms with E-state index in [0.717, 1.165) is 42.5 Å². The highest BCUT2D eigenvalue weighted by molar-refractivity contribution is 5.79. The summed E-state index contributed by atoms with van der Waals surface area (Å²) in [4.78, 5) is 6.35. The van der Waals surface area contributed by atoms with Crippen molar-refractivity contribution in [2.24, 2.45) is 4.99 Å². The highest BCUT2D eigenvalue weighted by atomic mass is 16.5. The van der Waals surface area contributed by atoms with Crippen LogP contribution in [0.4, 0.5) is 0 Å². The lowest BCUT2D eigenvalue weighted by Gasteiger charge is -2.22. The number of likely N-dealkylation sites (N-methyl/N-ethyl adjacent to an activating group) is 1. The van der Waals surface area contributed by atoms with E-state index < -0.39 is 0 Å². The molecule has 0 saturated heterocycles. The molecule has 1 aromatic carbocycles. The zero-order valence-corrected chi connectivity index (χ0v) is 14.1. The molecule has 0 bridgehead atoms. The molecule has 0 aliphatic rings. The number of benzene rings is 1. The van der Waals surface area contributed by atoms with Crippen LogP contribution >= 0.6 is 0 Å². The van der Waals surface area contributed by atoms with E-state index >= 15 is 0 Å². The molecule has 2 aromatic rings. The molecule has 0 spiro atoms. The van der Waals surface area contributed by atoms with E-state index in [2.05, 4.69) is 15.2 Å². The van der Waals surface area contributed by atoms with Crippen molar-refractivity contribution in [3.63, 3.8) is 0 Å². The van der Waals surface area contributed by atoms with Crippen LogP contribution in [0.25, 0.3) is 0 Å². The molecule has 2 rings (SSSR count). The molecule has 0 saturated carbocycles. The number of nitrogens with zero attached hydrogens (tertiary/aromatic N) is 2. The molecule has 0 atom stereocenters. The summed E-state index contributed by atoms with van der Waals surface area (Å²) < 4.78 is 11.1. The maximum Gasteiger partial charge on any atom is 0.193 e. The van der Waals surface area contributed by atoms with Crippen LogP contribution in [0, 0.1) is 6.92 Å². The minimum Gasteiger partial charge on any atom is -0.491 e. The summed E-state index contributed by atoms with van der Waals surface area (Å²) in [5, 5.41) is 3.33. The first-order valence-corrected chi connectivity index (χ1v) is 7.83. The number of ether oxygens (including phenoxy) is 1. The zero-order chi connectivity index (χ0) is 16.5. The largest absolute Gasteiger partial charge is 0.491 e. The quantitative estimate of drug-likeness (QED) is 0.630. The fourth-order valence-corrected chi connectivity index (χ4v) is 2.25. The van der Waals surface area contributed by atoms with Gasteiger partial charge in [0.15, 0.2) is 5.96 Å². The second kappa shape index (κ2) is 8.88. The number of rotatable bonds is 7. The highest BCUT2D eigenvalue weighted by Gasteiger charge is 2.06. The van der Waals surface area contributed by atoms with Gasteiger partial charge in [0.1, 0.15) is 18.1 Å². The van der Waals surface area contributed by atoms with Crippen molar-refractivity contribution in [1.29, 1.82) is 0 Å². The lowest BCUT2D eigenvalue weighted by Crippen LogP contribution is -2.41. The summed E-state index contributed by atoms with van der Waals surface area (Å²) in [5.74, 6) is 2.75. The molecule has 23 heavy (non-hydrogen) atoms. The minimum absolute atomic E-state index is 0.611. The number of aliphatic imine (C=N–C) groups is 1. The van der Waals surface area contributed by atoms with Crippen molar-refractivity contribution in [3.05, 3.63) is 54.0 Å². The van der Waals surface area contributed by atoms with Gasteiger partial charge in [0.05, 0.1) is 12.8 Å². The van der Waals surface area contributed by atoms with Crippen LogP contribution in [0.3, 0.4) is 0 Å². The monoisotopic (exact) mass is 315 g/mol. The van der Waals surface area contributed by atoms with Gasteiger partial charge in [-0.3, -0.25) is 4.99 Å². The van der Waals surface area contributed by atoms with Crippen molar-refractivity contribution in [3.8, 4) is 5.75 Å². The number of hydrogen-bond donors (Lipinski definition) is 1. The van der Waals surface area contributed by atoms with Crippen LogP contribution in [0.2, 0.25) is 0 Å². The normalized spacial score (nSPS) is 11.3. The van der Waals surface area contributed by atoms with Gasteiger partial charge in [-0.05, 0) is 30.7 Å². The Kier molecular flexibility index (Phi) is 6.54. The van der Waals surface area contributed by atoms with E-state index in [4.69, 9.17) is 9.15 Å². The maximum atomic E-state index is 5.83. The summed E-state index contributed by atoms with van der Waals surface area (Å²) in [5.41, 5.74) is 1.15. The number of guanidine groups is 1. The topological polar surface area (TPSA) is 50.0 Å². The number of furan rings is 1. The summed E-state index contributed by atoms with van der Waals surface area (Å²) in [6, 6.07) is 11.9. The van der Waals surface area contributed by atoms with Gasteiger partial charge in [-0.1, -0.05) is 18.2 Å². The van der Waals surface area contributed by atoms with Crippen molar-refractivity contribution in [1.82, 2.24) is 10.2 Å². The number of hydrogen-bond acceptors (Lipinski definition) is 3. The van der Waals surface area contributed by atoms with Crippen molar-refractivity contribution >= 4 is 5.96 Å². The Morgan fingerprint density at radius 1 is 1.26 bits per heavy atom. The van der Waals surface area contributed by atoms with E-state index in [1.165, 1.54) is 0 Å². The molecular formula is C18H25N3O2. The van der Waals surface area contributed by atoms with Gasteiger partial charge >= 0.3 is 0 Å². The van der Waals surface area contributed by atoms with Crippen molar-refractivity contribution in [2.45, 2.75) is 13.3 Å². The third-order valence-electron chi connectivity index (χ3n) is 3.59. The first-order chi connectivity index (χ1) is 11.2. The lowest BCUT2D eigenvalue weighted by molar-refractivity contribution is 0.280. The van der Waals surface area contributed by atoms with Crippen molar-refractivity contribution in [2.75, 3.05) is 33.8 Å². The minimum atomic E-state index is 0.611. The smallest absolute Gasteiger partial charge is 0.193 e. The van der Waals surface area contributed by atoms with Crippen LogP contribution in [-0.2, 0) is 6.42 Å². The van der Waals surface area contributed by atoms with Crippen LogP contribution in [0.5, 0.6) is 5.75 Å². The van der Waals surface area contributed by atoms with Gasteiger partial charge in [0, 0.05) is 27.1 Å². The first-order valence-electron chi connectivity index (χ1n) is 7.83. The number of nitrogens with one attached hydrogen (secondary N) is 1. The van der Waals surface area contributed by atoms with E-state index in [9.17, 15) is 0 Å². The number of para-hydroxylation sites is 1. The second-order valence-electron chi connectivity index (χ2n) is 5.34. The Bertz CT molecular complexity index is 608. The average molecular weight is 315 g/mol. The van der Waals surface area contributed by atoms with E-state index in [1.807, 2.05) is 50.4 Å². The predicted molar refractivity (Wildman–Crippen MR) is 93.1 cm³/mol. The molecular weight excluding hydrogens is 290 g/mol. The second-order valence-corrected chi connectivity index (χ2v) is 5.34. The Balaban J connectivity index is 1.72. The predicted octanol–water partition coefficient (Wildman–Crippen LogP) is 2.72. The molecule has 0 fully saturated rings. The van der Waals surface area contributed by atoms with Gasteiger partial charge in [0.2, 0.25) is 0 Å². The van der Waals surface area contributed by atoms with Crippen LogP contribution in [0.15, 0.2) is 52.1 Å². The highest BCUT2D eigenvalue weighted by Crippen LogP contribution is 2.15. The molecule has 0 aliphatic carbocycles. The molecule has 5 heteroatoms. The van der Waals surface area contributed by atoms with Gasteiger partial charge in [-0.2, -0.15) is 0 Å². The van der Waals surface area contributed by atoms with E-state index in [-0.39, 0.29) is 0 Å². The number of aryl methyl sites for hydroxylation is 1. The van der Waals surface area contributed by atoms with Crippen LogP contribution in [0.1, 0.15) is 11.3 Å². The molecule has 1 aromatic heterocycles. The van der Waals surface area contributed by atoms with Crippen LogP contribution < -0.4 is 10.1 Å². The summed E-state index contributed by atoms with van der Waals surface area (Å²) in [6.45, 7) is 4.20. The Morgan fingerprint density at radius 3 is 2.78 bits per heavy atom. The zero-order valence-electron chi connectivity index (χ0n) is 14.1. The van der Waals surface area contributed by atoms with Crippen LogP contribution in [-0.4, -0.2) is 44.7 Å². The fraction of sp³-hybridized carbons (Fsp3) is 0.389. The molecule has 0 radical (unpaired) electrons. The Labute approximate surface area is 138 Å². The Morgan fingerprint density at radius 2 is 2.09 bits per heavy atom. The van der Waals surface area contributed by atoms with E-state index in [1.54, 1.807) is 13.3 Å². The molecule has 0 aliphatic heterocycles. The van der Waals surface area contributed by atoms with Gasteiger partial charge in [0.25, 0.3) is 0 Å². The van der Waals surface area contributed by atoms with Gasteiger partial charge < -0.3 is 19.4 Å². The fourth-order valence-electron chi connectivity index (χ4n) is 2.25. The van der Waals surface area contributed by atoms with E-state index in [0.29, 0.717) is 6.61 Å². The third kappa shape index (κ3) is 5.36. The molecule has 1 heterocycles. The van der Waals surface area contributed by atoms with Gasteiger partial charge in [-0.25, -0.2) is 0 Å². The molecule has 1 N–H and O–H groups in total. The molecule has 0 amide bonds. The van der Waals surface area contributed by atoms with Crippen molar-refractivity contribution < 1.29 is 9.15 Å². The summed E-state index contributed by atoms with van der Waals surface area (Å²) >= 11 is 0. The average Bonchev–Trinajstić information content (AvgIpc) is 3.06. The first kappa shape index (κ1) is 16.9. The molecule has 5 nitrogen and oxygen atoms in total. The SMILES string of the molecule is CN=C(NCCc1ccco1)N(C)CCOc1ccccc1C. The Hall–Kier alpha value is -2.43. The van der Waals surface area contributed by atoms with Gasteiger partial charge in [-0.15, -0.1) is 0 Å². The lowest BCUT2D eigenvalue weighted by atomic mass is 10.2. The molecule has 124 valence electrons. The molecule has 0 unspecified atom stereocenters. The summed E-state index contributed by atoms with van der Waals surface area (Å²) in [7, 11) is 3.79.